The molecule has 3 nitrogen and oxygen atoms in total. The first-order chi connectivity index (χ1) is 19.7. The highest BCUT2D eigenvalue weighted by atomic mass is 31.1. The fourth-order valence-electron chi connectivity index (χ4n) is 7.04. The van der Waals surface area contributed by atoms with Crippen LogP contribution in [-0.2, 0) is 6.42 Å². The maximum atomic E-state index is 6.30. The summed E-state index contributed by atoms with van der Waals surface area (Å²) in [5.74, 6) is 1.13. The van der Waals surface area contributed by atoms with E-state index < -0.39 is 0 Å². The second-order valence-electron chi connectivity index (χ2n) is 11.3. The lowest BCUT2D eigenvalue weighted by molar-refractivity contribution is 0.555. The molecule has 4 aromatic carbocycles. The average Bonchev–Trinajstić information content (AvgIpc) is 3.22. The predicted octanol–water partition coefficient (Wildman–Crippen LogP) is 10.9. The van der Waals surface area contributed by atoms with E-state index in [4.69, 9.17) is 8.39 Å². The maximum absolute atomic E-state index is 6.30. The normalized spacial score (nSPS) is 16.6. The van der Waals surface area contributed by atoms with E-state index in [0.29, 0.717) is 0 Å². The summed E-state index contributed by atoms with van der Waals surface area (Å²) in [6.07, 6.45) is 7.01. The van der Waals surface area contributed by atoms with E-state index in [2.05, 4.69) is 110 Å². The number of allylic oxidation sites excluding steroid dienone is 2. The van der Waals surface area contributed by atoms with Crippen LogP contribution >= 0.6 is 8.67 Å². The Balaban J connectivity index is 1.50. The van der Waals surface area contributed by atoms with Gasteiger partial charge in [0.15, 0.2) is 0 Å². The Morgan fingerprint density at radius 3 is 2.08 bits per heavy atom. The van der Waals surface area contributed by atoms with Crippen LogP contribution in [0.25, 0.3) is 27.3 Å². The zero-order chi connectivity index (χ0) is 27.1. The average molecular weight is 546 g/mol. The quantitative estimate of drug-likeness (QED) is 0.220. The first-order valence-electron chi connectivity index (χ1n) is 14.7. The lowest BCUT2D eigenvalue weighted by Gasteiger charge is -2.38. The van der Waals surface area contributed by atoms with Crippen LogP contribution in [0, 0.1) is 0 Å². The number of anilines is 1. The molecule has 0 saturated carbocycles. The summed E-state index contributed by atoms with van der Waals surface area (Å²) in [6, 6.07) is 33.4. The summed E-state index contributed by atoms with van der Waals surface area (Å²) < 4.78 is 12.6. The van der Waals surface area contributed by atoms with Crippen molar-refractivity contribution in [3.8, 4) is 0 Å². The molecule has 0 amide bonds. The van der Waals surface area contributed by atoms with Crippen molar-refractivity contribution in [1.29, 1.82) is 0 Å². The van der Waals surface area contributed by atoms with E-state index in [1.165, 1.54) is 63.4 Å². The smallest absolute Gasteiger partial charge is 0.201 e. The van der Waals surface area contributed by atoms with E-state index >= 15 is 0 Å². The topological polar surface area (TPSA) is 29.5 Å². The van der Waals surface area contributed by atoms with Crippen molar-refractivity contribution in [1.82, 2.24) is 0 Å². The van der Waals surface area contributed by atoms with Gasteiger partial charge >= 0.3 is 0 Å². The van der Waals surface area contributed by atoms with Gasteiger partial charge in [-0.3, -0.25) is 0 Å². The van der Waals surface area contributed by atoms with E-state index in [1.807, 2.05) is 0 Å². The molecule has 3 atom stereocenters. The minimum atomic E-state index is 0.000814. The van der Waals surface area contributed by atoms with Gasteiger partial charge in [0.1, 0.15) is 11.3 Å². The molecule has 7 rings (SSSR count). The molecule has 0 aliphatic heterocycles. The molecule has 40 heavy (non-hydrogen) atoms. The van der Waals surface area contributed by atoms with Gasteiger partial charge in [-0.25, -0.2) is 0 Å². The molecule has 5 aromatic rings. The zero-order valence-corrected chi connectivity index (χ0v) is 24.3. The second kappa shape index (κ2) is 10.7. The van der Waals surface area contributed by atoms with Crippen molar-refractivity contribution >= 4 is 41.7 Å². The number of benzene rings is 4. The van der Waals surface area contributed by atoms with E-state index in [9.17, 15) is 0 Å². The number of fused-ring (bicyclic) bond motifs is 6. The zero-order valence-electron chi connectivity index (χ0n) is 23.3. The molecular formula is C36H36NO2P. The van der Waals surface area contributed by atoms with Crippen molar-refractivity contribution in [3.05, 3.63) is 119 Å². The van der Waals surface area contributed by atoms with Gasteiger partial charge in [-0.15, -0.1) is 0 Å². The van der Waals surface area contributed by atoms with Gasteiger partial charge in [-0.05, 0) is 86.2 Å². The van der Waals surface area contributed by atoms with Crippen LogP contribution in [0.1, 0.15) is 80.5 Å². The van der Waals surface area contributed by atoms with Crippen LogP contribution in [0.15, 0.2) is 105 Å². The Morgan fingerprint density at radius 2 is 1.35 bits per heavy atom. The summed E-state index contributed by atoms with van der Waals surface area (Å²) in [7, 11) is 0.000814. The van der Waals surface area contributed by atoms with Gasteiger partial charge in [-0.1, -0.05) is 78.4 Å². The van der Waals surface area contributed by atoms with Gasteiger partial charge in [-0.2, -0.15) is 0 Å². The summed E-state index contributed by atoms with van der Waals surface area (Å²) in [6.45, 7) is 4.66. The second-order valence-corrected chi connectivity index (χ2v) is 11.8. The van der Waals surface area contributed by atoms with Crippen molar-refractivity contribution < 1.29 is 8.39 Å². The van der Waals surface area contributed by atoms with Crippen molar-refractivity contribution in [2.45, 2.75) is 64.5 Å². The number of hydrogen-bond donors (Lipinski definition) is 0. The Labute approximate surface area is 238 Å². The first kappa shape index (κ1) is 25.3. The van der Waals surface area contributed by atoms with Gasteiger partial charge in [0.2, 0.25) is 8.67 Å². The number of rotatable bonds is 5. The Bertz CT molecular complexity index is 1690. The number of aryl methyl sites for hydroxylation is 1. The van der Waals surface area contributed by atoms with Crippen molar-refractivity contribution in [2.24, 2.45) is 0 Å². The Morgan fingerprint density at radius 1 is 0.650 bits per heavy atom. The number of hydrogen-bond acceptors (Lipinski definition) is 3. The van der Waals surface area contributed by atoms with Crippen LogP contribution in [0.3, 0.4) is 0 Å². The fraction of sp³-hybridized carbons (Fsp3) is 0.278. The standard InChI is InChI=1S/C36H36NO2P/c1-24(26-12-5-3-6-13-26)37(25(2)27-14-7-4-8-15-27)32-19-11-18-31-30(32)21-23-34-36(31)35-29-17-10-9-16-28(29)20-22-33(35)38-40-39-34/h3-8,11-15,18-19,21,23-25,40H,9-10,16-17,20,22H2,1-2H3/t24-,25-/m1/s1. The van der Waals surface area contributed by atoms with Crippen LogP contribution in [0.5, 0.6) is 0 Å². The highest BCUT2D eigenvalue weighted by molar-refractivity contribution is 7.15. The molecule has 202 valence electrons. The number of nitrogens with zero attached hydrogens (tertiary/aromatic N) is 1. The maximum Gasteiger partial charge on any atom is 0.201 e. The lowest BCUT2D eigenvalue weighted by atomic mass is 9.79. The predicted molar refractivity (Wildman–Crippen MR) is 169 cm³/mol. The highest BCUT2D eigenvalue weighted by Gasteiger charge is 2.28. The lowest BCUT2D eigenvalue weighted by Crippen LogP contribution is -2.30. The largest absolute Gasteiger partial charge is 0.426 e. The first-order valence-corrected chi connectivity index (χ1v) is 15.5. The molecule has 1 unspecified atom stereocenters. The summed E-state index contributed by atoms with van der Waals surface area (Å²) in [5, 5.41) is 3.74. The molecular weight excluding hydrogens is 509 g/mol. The van der Waals surface area contributed by atoms with Gasteiger partial charge in [0.25, 0.3) is 0 Å². The van der Waals surface area contributed by atoms with Crippen LogP contribution in [0.4, 0.5) is 5.69 Å². The van der Waals surface area contributed by atoms with Crippen molar-refractivity contribution in [2.75, 3.05) is 4.90 Å². The van der Waals surface area contributed by atoms with Crippen LogP contribution < -0.4 is 4.90 Å². The molecule has 2 aliphatic rings. The molecule has 1 aromatic heterocycles. The third-order valence-electron chi connectivity index (χ3n) is 9.06. The van der Waals surface area contributed by atoms with Gasteiger partial charge in [0, 0.05) is 28.4 Å². The van der Waals surface area contributed by atoms with Gasteiger partial charge in [0.05, 0.1) is 12.1 Å². The molecule has 4 heteroatoms. The van der Waals surface area contributed by atoms with Crippen LogP contribution in [0.2, 0.25) is 0 Å². The Kier molecular flexibility index (Phi) is 6.77. The van der Waals surface area contributed by atoms with Crippen LogP contribution in [-0.4, -0.2) is 0 Å². The van der Waals surface area contributed by atoms with E-state index in [1.54, 1.807) is 5.57 Å². The molecule has 0 saturated heterocycles. The molecule has 0 bridgehead atoms. The van der Waals surface area contributed by atoms with Crippen molar-refractivity contribution in [3.63, 3.8) is 0 Å². The molecule has 1 heterocycles. The summed E-state index contributed by atoms with van der Waals surface area (Å²) in [4.78, 5) is 2.59. The molecule has 0 spiro atoms. The molecule has 0 fully saturated rings. The molecule has 0 N–H and O–H groups in total. The monoisotopic (exact) mass is 545 g/mol. The van der Waals surface area contributed by atoms with E-state index in [0.717, 1.165) is 30.6 Å². The SMILES string of the molecule is C[C@H](c1ccccc1)N(c1cccc2c1ccc1o[pH]oc3c(c12)C1=C(CCCC1)CC3)[C@H](C)c1ccccc1. The molecule has 0 radical (unpaired) electrons. The third-order valence-corrected chi connectivity index (χ3v) is 9.69. The third kappa shape index (κ3) is 4.38. The van der Waals surface area contributed by atoms with E-state index in [-0.39, 0.29) is 20.8 Å². The highest BCUT2D eigenvalue weighted by Crippen LogP contribution is 2.47. The Hall–Kier alpha value is -3.68. The van der Waals surface area contributed by atoms with Gasteiger partial charge < -0.3 is 13.3 Å². The fourth-order valence-corrected chi connectivity index (χ4v) is 7.64. The minimum Gasteiger partial charge on any atom is -0.426 e. The minimum absolute atomic E-state index is 0.000814. The summed E-state index contributed by atoms with van der Waals surface area (Å²) >= 11 is 0. The molecule has 2 aliphatic carbocycles. The summed E-state index contributed by atoms with van der Waals surface area (Å²) in [5.41, 5.74) is 9.29.